The quantitative estimate of drug-likeness (QED) is 0.569. The van der Waals surface area contributed by atoms with E-state index in [1.54, 1.807) is 3.28 Å². The number of hydrogen-bond donors (Lipinski definition) is 0. The number of hydrogen-bond acceptors (Lipinski definition) is 1. The molecule has 1 aliphatic heterocycles. The number of aliphatic imine (C=N–C) groups is 1. The van der Waals surface area contributed by atoms with Crippen LogP contribution in [-0.4, -0.2) is 8.96 Å². The third kappa shape index (κ3) is 4.66. The Bertz CT molecular complexity index is 490. The Kier molecular flexibility index (Phi) is 7.41. The van der Waals surface area contributed by atoms with E-state index in [4.69, 9.17) is 4.99 Å². The predicted molar refractivity (Wildman–Crippen MR) is 94.6 cm³/mol. The van der Waals surface area contributed by atoms with Crippen molar-refractivity contribution in [2.75, 3.05) is 0 Å². The average Bonchev–Trinajstić information content (AvgIpc) is 2.85. The van der Waals surface area contributed by atoms with Crippen LogP contribution in [0.15, 0.2) is 38.7 Å². The summed E-state index contributed by atoms with van der Waals surface area (Å²) in [5.41, 5.74) is 1.65. The monoisotopic (exact) mass is 405 g/mol. The molecular formula is C17H27Cl2NZr. The van der Waals surface area contributed by atoms with E-state index in [9.17, 15) is 0 Å². The van der Waals surface area contributed by atoms with Crippen LogP contribution in [0.3, 0.4) is 0 Å². The number of rotatable bonds is 2. The van der Waals surface area contributed by atoms with Crippen LogP contribution >= 0.6 is 24.8 Å². The molecule has 0 saturated carbocycles. The second-order valence-electron chi connectivity index (χ2n) is 7.55. The Hall–Kier alpha value is 0.353. The van der Waals surface area contributed by atoms with Crippen molar-refractivity contribution in [1.82, 2.24) is 0 Å². The van der Waals surface area contributed by atoms with Crippen molar-refractivity contribution in [2.24, 2.45) is 15.8 Å². The summed E-state index contributed by atoms with van der Waals surface area (Å²) in [6.07, 6.45) is 12.7. The van der Waals surface area contributed by atoms with Gasteiger partial charge in [-0.05, 0) is 0 Å². The Morgan fingerprint density at radius 3 is 2.10 bits per heavy atom. The van der Waals surface area contributed by atoms with Crippen molar-refractivity contribution in [2.45, 2.75) is 51.2 Å². The number of nitrogens with zero attached hydrogens (tertiary/aromatic N) is 1. The van der Waals surface area contributed by atoms with Gasteiger partial charge in [0, 0.05) is 0 Å². The van der Waals surface area contributed by atoms with Crippen molar-refractivity contribution >= 4 is 30.5 Å². The van der Waals surface area contributed by atoms with Crippen molar-refractivity contribution < 1.29 is 23.2 Å². The molecule has 0 aromatic heterocycles. The maximum Gasteiger partial charge on any atom is -0.147 e. The first-order chi connectivity index (χ1) is 8.64. The van der Waals surface area contributed by atoms with Crippen molar-refractivity contribution in [3.8, 4) is 0 Å². The molecule has 118 valence electrons. The summed E-state index contributed by atoms with van der Waals surface area (Å²) in [6.45, 7) is 13.8. The van der Waals surface area contributed by atoms with Gasteiger partial charge >= 0.3 is 130 Å². The molecule has 0 N–H and O–H groups in total. The van der Waals surface area contributed by atoms with Gasteiger partial charge in [0.05, 0.1) is 0 Å². The van der Waals surface area contributed by atoms with Gasteiger partial charge in [-0.3, -0.25) is 0 Å². The molecule has 4 heteroatoms. The Labute approximate surface area is 153 Å². The molecule has 0 amide bonds. The summed E-state index contributed by atoms with van der Waals surface area (Å²) in [4.78, 5) is 5.24. The molecule has 0 bridgehead atoms. The zero-order valence-corrected chi connectivity index (χ0v) is 17.9. The summed E-state index contributed by atoms with van der Waals surface area (Å²) >= 11 is -0.738. The molecular weight excluding hydrogens is 380 g/mol. The van der Waals surface area contributed by atoms with Crippen molar-refractivity contribution in [3.05, 3.63) is 33.7 Å². The van der Waals surface area contributed by atoms with Crippen molar-refractivity contribution in [3.63, 3.8) is 0 Å². The summed E-state index contributed by atoms with van der Waals surface area (Å²) in [5.74, 6) is 0. The molecule has 0 fully saturated rings. The van der Waals surface area contributed by atoms with Gasteiger partial charge in [-0.2, -0.15) is 0 Å². The molecule has 0 spiro atoms. The van der Waals surface area contributed by atoms with Gasteiger partial charge in [-0.15, -0.1) is 24.8 Å². The van der Waals surface area contributed by atoms with E-state index in [-0.39, 0.29) is 38.9 Å². The fourth-order valence-electron chi connectivity index (χ4n) is 2.34. The zero-order valence-electron chi connectivity index (χ0n) is 13.9. The van der Waals surface area contributed by atoms with Gasteiger partial charge in [-0.25, -0.2) is 0 Å². The minimum atomic E-state index is -0.738. The van der Waals surface area contributed by atoms with E-state index in [0.29, 0.717) is 0 Å². The molecule has 0 aromatic carbocycles. The fourth-order valence-corrected chi connectivity index (χ4v) is 6.29. The molecule has 1 aliphatic carbocycles. The maximum atomic E-state index is 5.24. The van der Waals surface area contributed by atoms with Crippen LogP contribution in [0, 0.1) is 10.8 Å². The van der Waals surface area contributed by atoms with Crippen LogP contribution in [0.1, 0.15) is 48.0 Å². The fraction of sp³-hybridized carbons (Fsp3) is 0.588. The molecule has 2 aliphatic rings. The van der Waals surface area contributed by atoms with Gasteiger partial charge in [0.25, 0.3) is 0 Å². The standard InChI is InChI=1S/C12H20N.C5H5.2ClH.Zr/c1-11(2,3)9-7-8-10(13-9)12(4,5)6;1-2-4-5-3-1;;;/h7-8H,1-6H3;1-3H,4H2;2*1H;. The maximum absolute atomic E-state index is 5.24. The smallest absolute Gasteiger partial charge is 0.147 e. The molecule has 1 nitrogen and oxygen atoms in total. The van der Waals surface area contributed by atoms with E-state index >= 15 is 0 Å². The molecule has 0 aromatic rings. The summed E-state index contributed by atoms with van der Waals surface area (Å²) in [5, 5.41) is 0. The number of allylic oxidation sites excluding steroid dienone is 5. The first-order valence-electron chi connectivity index (χ1n) is 7.08. The van der Waals surface area contributed by atoms with Crippen LogP contribution in [0.4, 0.5) is 0 Å². The van der Waals surface area contributed by atoms with Crippen molar-refractivity contribution in [1.29, 1.82) is 0 Å². The second kappa shape index (κ2) is 7.28. The van der Waals surface area contributed by atoms with Gasteiger partial charge in [0.15, 0.2) is 0 Å². The van der Waals surface area contributed by atoms with Gasteiger partial charge in [-0.1, -0.05) is 0 Å². The molecule has 1 heterocycles. The minimum Gasteiger partial charge on any atom is -0.147 e. The van der Waals surface area contributed by atoms with Crippen LogP contribution in [-0.2, 0) is 23.2 Å². The minimum absolute atomic E-state index is 0. The van der Waals surface area contributed by atoms with E-state index in [1.807, 2.05) is 0 Å². The molecule has 1 atom stereocenters. The predicted octanol–water partition coefficient (Wildman–Crippen LogP) is 5.56. The average molecular weight is 408 g/mol. The Morgan fingerprint density at radius 2 is 1.71 bits per heavy atom. The van der Waals surface area contributed by atoms with Crippen LogP contribution in [0.2, 0.25) is 0 Å². The second-order valence-corrected chi connectivity index (χ2v) is 11.6. The summed E-state index contributed by atoms with van der Waals surface area (Å²) < 4.78 is 1.76. The van der Waals surface area contributed by atoms with E-state index in [1.165, 1.54) is 5.71 Å². The molecule has 0 radical (unpaired) electrons. The van der Waals surface area contributed by atoms with Crippen LogP contribution in [0.25, 0.3) is 0 Å². The van der Waals surface area contributed by atoms with Crippen LogP contribution < -0.4 is 0 Å². The van der Waals surface area contributed by atoms with Crippen LogP contribution in [0.5, 0.6) is 0 Å². The summed E-state index contributed by atoms with van der Waals surface area (Å²) in [6, 6.07) is 0. The molecule has 2 rings (SSSR count). The molecule has 1 unspecified atom stereocenters. The van der Waals surface area contributed by atoms with Gasteiger partial charge < -0.3 is 0 Å². The first kappa shape index (κ1) is 21.4. The van der Waals surface area contributed by atoms with Gasteiger partial charge in [0.2, 0.25) is 0 Å². The van der Waals surface area contributed by atoms with Gasteiger partial charge in [0.1, 0.15) is 0 Å². The largest absolute Gasteiger partial charge is 0.147 e. The topological polar surface area (TPSA) is 12.4 Å². The third-order valence-corrected chi connectivity index (χ3v) is 8.98. The Balaban J connectivity index is 0.00000200. The molecule has 0 saturated heterocycles. The van der Waals surface area contributed by atoms with E-state index < -0.39 is 23.2 Å². The molecule has 21 heavy (non-hydrogen) atoms. The SMILES string of the molecule is CC(C)(C)C1=N[C]([Zr][C]2=CC=CC2)(C(C)(C)C)C=C1.Cl.Cl. The summed E-state index contributed by atoms with van der Waals surface area (Å²) in [7, 11) is 0. The third-order valence-electron chi connectivity index (χ3n) is 3.81. The zero-order chi connectivity index (χ0) is 14.3. The Morgan fingerprint density at radius 1 is 1.10 bits per heavy atom. The first-order valence-corrected chi connectivity index (χ1v) is 9.53. The normalized spacial score (nSPS) is 24.1. The van der Waals surface area contributed by atoms with E-state index in [2.05, 4.69) is 71.9 Å². The van der Waals surface area contributed by atoms with E-state index in [0.717, 1.165) is 6.42 Å². The number of halogens is 2.